The molecular formula is C26H34FN8O3P. The fourth-order valence-electron chi connectivity index (χ4n) is 4.84. The average molecular weight is 557 g/mol. The maximum absolute atomic E-state index is 16.5. The maximum atomic E-state index is 16.5. The Morgan fingerprint density at radius 3 is 2.62 bits per heavy atom. The number of amides is 1. The van der Waals surface area contributed by atoms with Crippen LogP contribution in [0.3, 0.4) is 0 Å². The van der Waals surface area contributed by atoms with Crippen LogP contribution >= 0.6 is 8.30 Å². The van der Waals surface area contributed by atoms with Crippen LogP contribution in [-0.4, -0.2) is 72.2 Å². The Kier molecular flexibility index (Phi) is 9.51. The summed E-state index contributed by atoms with van der Waals surface area (Å²) in [6.45, 7) is 10.4. The number of nitriles is 1. The SMILES string of the molecule is CC[C@H]1O[C@@H](n2nnc3c(NC(=O)c4ccccc4)ncnc32)[C@@H](F)[C@@H]1P(OCCC#N)N(C(C)C)C(C)C. The number of carbonyl (C=O) groups is 1. The molecule has 0 spiro atoms. The molecule has 3 aromatic rings. The van der Waals surface area contributed by atoms with Crippen LogP contribution in [-0.2, 0) is 9.26 Å². The highest BCUT2D eigenvalue weighted by atomic mass is 31.2. The predicted molar refractivity (Wildman–Crippen MR) is 146 cm³/mol. The summed E-state index contributed by atoms with van der Waals surface area (Å²) in [5, 5.41) is 20.2. The molecule has 1 aromatic carbocycles. The molecule has 3 heterocycles. The summed E-state index contributed by atoms with van der Waals surface area (Å²) in [5.74, 6) is -0.190. The highest BCUT2D eigenvalue weighted by Crippen LogP contribution is 2.57. The first-order valence-electron chi connectivity index (χ1n) is 13.1. The van der Waals surface area contributed by atoms with Crippen molar-refractivity contribution >= 4 is 31.2 Å². The zero-order chi connectivity index (χ0) is 28.1. The molecule has 0 radical (unpaired) electrons. The number of anilines is 1. The highest BCUT2D eigenvalue weighted by Gasteiger charge is 2.53. The van der Waals surface area contributed by atoms with Crippen molar-refractivity contribution < 1.29 is 18.4 Å². The van der Waals surface area contributed by atoms with E-state index in [2.05, 4.69) is 64.0 Å². The van der Waals surface area contributed by atoms with Crippen molar-refractivity contribution in [1.29, 1.82) is 5.26 Å². The second kappa shape index (κ2) is 12.8. The molecule has 4 rings (SSSR count). The maximum Gasteiger partial charge on any atom is 0.256 e. The van der Waals surface area contributed by atoms with Gasteiger partial charge in [0.25, 0.3) is 5.91 Å². The molecule has 1 N–H and O–H groups in total. The second-order valence-electron chi connectivity index (χ2n) is 9.77. The van der Waals surface area contributed by atoms with Crippen molar-refractivity contribution in [2.75, 3.05) is 11.9 Å². The number of fused-ring (bicyclic) bond motifs is 1. The van der Waals surface area contributed by atoms with Gasteiger partial charge in [0.05, 0.1) is 30.9 Å². The Balaban J connectivity index is 1.66. The number of aromatic nitrogens is 5. The minimum Gasteiger partial charge on any atom is -0.349 e. The van der Waals surface area contributed by atoms with Crippen molar-refractivity contribution in [3.8, 4) is 6.07 Å². The molecule has 0 saturated carbocycles. The summed E-state index contributed by atoms with van der Waals surface area (Å²) in [4.78, 5) is 21.2. The van der Waals surface area contributed by atoms with Gasteiger partial charge in [-0.05, 0) is 46.2 Å². The largest absolute Gasteiger partial charge is 0.349 e. The molecular weight excluding hydrogens is 522 g/mol. The van der Waals surface area contributed by atoms with Crippen LogP contribution in [0.15, 0.2) is 36.7 Å². The van der Waals surface area contributed by atoms with E-state index in [1.807, 2.05) is 13.0 Å². The van der Waals surface area contributed by atoms with Gasteiger partial charge >= 0.3 is 0 Å². The molecule has 2 aromatic heterocycles. The third-order valence-corrected chi connectivity index (χ3v) is 9.40. The number of alkyl halides is 1. The van der Waals surface area contributed by atoms with Gasteiger partial charge in [0, 0.05) is 17.6 Å². The van der Waals surface area contributed by atoms with Gasteiger partial charge in [-0.25, -0.2) is 14.4 Å². The van der Waals surface area contributed by atoms with Gasteiger partial charge in [0.15, 0.2) is 29.4 Å². The molecule has 1 aliphatic heterocycles. The Morgan fingerprint density at radius 1 is 1.26 bits per heavy atom. The van der Waals surface area contributed by atoms with Crippen molar-refractivity contribution in [1.82, 2.24) is 29.6 Å². The zero-order valence-electron chi connectivity index (χ0n) is 22.7. The van der Waals surface area contributed by atoms with Gasteiger partial charge < -0.3 is 14.6 Å². The van der Waals surface area contributed by atoms with Crippen molar-refractivity contribution in [2.45, 2.75) is 83.7 Å². The lowest BCUT2D eigenvalue weighted by Gasteiger charge is -2.41. The van der Waals surface area contributed by atoms with Crippen molar-refractivity contribution in [2.24, 2.45) is 0 Å². The van der Waals surface area contributed by atoms with Gasteiger partial charge in [0.2, 0.25) is 0 Å². The van der Waals surface area contributed by atoms with Gasteiger partial charge in [-0.15, -0.1) is 5.10 Å². The minimum absolute atomic E-state index is 0.0951. The van der Waals surface area contributed by atoms with E-state index in [9.17, 15) is 4.79 Å². The number of hydrogen-bond acceptors (Lipinski definition) is 9. The average Bonchev–Trinajstić information content (AvgIpc) is 3.49. The van der Waals surface area contributed by atoms with E-state index >= 15 is 4.39 Å². The second-order valence-corrected chi connectivity index (χ2v) is 11.7. The van der Waals surface area contributed by atoms with Crippen LogP contribution in [0.4, 0.5) is 10.2 Å². The molecule has 1 aliphatic rings. The van der Waals surface area contributed by atoms with E-state index in [0.29, 0.717) is 12.0 Å². The number of nitrogens with zero attached hydrogens (tertiary/aromatic N) is 7. The molecule has 1 amide bonds. The summed E-state index contributed by atoms with van der Waals surface area (Å²) < 4.78 is 32.5. The third kappa shape index (κ3) is 6.07. The summed E-state index contributed by atoms with van der Waals surface area (Å²) in [5.41, 5.74) is 0.345. The predicted octanol–water partition coefficient (Wildman–Crippen LogP) is 4.85. The smallest absolute Gasteiger partial charge is 0.256 e. The number of halogens is 1. The van der Waals surface area contributed by atoms with Gasteiger partial charge in [-0.2, -0.15) is 9.94 Å². The number of nitrogens with one attached hydrogen (secondary N) is 1. The van der Waals surface area contributed by atoms with Crippen molar-refractivity contribution in [3.05, 3.63) is 42.2 Å². The number of ether oxygens (including phenoxy) is 1. The summed E-state index contributed by atoms with van der Waals surface area (Å²) in [7, 11) is -1.46. The quantitative estimate of drug-likeness (QED) is 0.260. The summed E-state index contributed by atoms with van der Waals surface area (Å²) in [6, 6.07) is 11.0. The Hall–Kier alpha value is -3.10. The van der Waals surface area contributed by atoms with E-state index in [4.69, 9.17) is 14.5 Å². The van der Waals surface area contributed by atoms with Crippen LogP contribution in [0.5, 0.6) is 0 Å². The number of hydrogen-bond donors (Lipinski definition) is 1. The lowest BCUT2D eigenvalue weighted by atomic mass is 10.1. The van der Waals surface area contributed by atoms with Crippen LogP contribution in [0.2, 0.25) is 0 Å². The van der Waals surface area contributed by atoms with E-state index < -0.39 is 32.5 Å². The molecule has 0 aliphatic carbocycles. The topological polar surface area (TPSA) is 131 Å². The number of rotatable bonds is 11. The first kappa shape index (κ1) is 28.9. The van der Waals surface area contributed by atoms with Gasteiger partial charge in [-0.1, -0.05) is 30.3 Å². The standard InChI is InChI=1S/C26H34FN8O3P/c1-6-19-22(39(37-14-10-13-28)35(16(2)3)17(4)5)20(27)26(38-19)34-24-21(32-33-34)23(29-15-30-24)31-25(36)18-11-8-7-9-12-18/h7-9,11-12,15-17,19-20,22,26H,6,10,14H2,1-5H3,(H,29,30,31,36)/t19-,20+,22-,26-,39?/m1/s1. The van der Waals surface area contributed by atoms with Gasteiger partial charge in [-0.3, -0.25) is 9.46 Å². The fourth-order valence-corrected chi connectivity index (χ4v) is 7.60. The molecule has 11 nitrogen and oxygen atoms in total. The lowest BCUT2D eigenvalue weighted by Crippen LogP contribution is -2.40. The molecule has 5 atom stereocenters. The first-order chi connectivity index (χ1) is 18.8. The lowest BCUT2D eigenvalue weighted by molar-refractivity contribution is -0.0255. The van der Waals surface area contributed by atoms with Crippen LogP contribution < -0.4 is 5.32 Å². The Bertz CT molecular complexity index is 1290. The summed E-state index contributed by atoms with van der Waals surface area (Å²) >= 11 is 0. The molecule has 208 valence electrons. The van der Waals surface area contributed by atoms with Crippen LogP contribution in [0.1, 0.15) is 64.0 Å². The molecule has 0 bridgehead atoms. The van der Waals surface area contributed by atoms with E-state index in [0.717, 1.165) is 0 Å². The normalized spacial score (nSPS) is 22.1. The fraction of sp³-hybridized carbons (Fsp3) is 0.538. The summed E-state index contributed by atoms with van der Waals surface area (Å²) in [6.07, 6.45) is -0.969. The Morgan fingerprint density at radius 2 is 1.97 bits per heavy atom. The monoisotopic (exact) mass is 556 g/mol. The third-order valence-electron chi connectivity index (χ3n) is 6.44. The van der Waals surface area contributed by atoms with E-state index in [1.54, 1.807) is 24.3 Å². The highest BCUT2D eigenvalue weighted by molar-refractivity contribution is 7.51. The zero-order valence-corrected chi connectivity index (χ0v) is 23.6. The molecule has 1 saturated heterocycles. The molecule has 13 heteroatoms. The molecule has 39 heavy (non-hydrogen) atoms. The Labute approximate surface area is 228 Å². The number of carbonyl (C=O) groups excluding carboxylic acids is 1. The van der Waals surface area contributed by atoms with Crippen LogP contribution in [0, 0.1) is 11.3 Å². The minimum atomic E-state index is -1.48. The van der Waals surface area contributed by atoms with Crippen LogP contribution in [0.25, 0.3) is 11.2 Å². The van der Waals surface area contributed by atoms with E-state index in [-0.39, 0.29) is 48.0 Å². The van der Waals surface area contributed by atoms with Gasteiger partial charge in [0.1, 0.15) is 14.6 Å². The van der Waals surface area contributed by atoms with Crippen molar-refractivity contribution in [3.63, 3.8) is 0 Å². The molecule has 1 fully saturated rings. The number of benzene rings is 1. The van der Waals surface area contributed by atoms with E-state index in [1.165, 1.54) is 11.0 Å². The first-order valence-corrected chi connectivity index (χ1v) is 14.4. The molecule has 1 unspecified atom stereocenters.